The Balaban J connectivity index is 2.22. The van der Waals surface area contributed by atoms with Crippen LogP contribution in [0.15, 0.2) is 38.6 Å². The molecule has 21 heavy (non-hydrogen) atoms. The molecule has 1 aromatic carbocycles. The van der Waals surface area contributed by atoms with Gasteiger partial charge >= 0.3 is 6.36 Å². The lowest BCUT2D eigenvalue weighted by atomic mass is 10.2. The van der Waals surface area contributed by atoms with Crippen molar-refractivity contribution in [3.8, 4) is 5.75 Å². The van der Waals surface area contributed by atoms with Gasteiger partial charge in [-0.25, -0.2) is 0 Å². The number of nitrogens with one attached hydrogen (secondary N) is 1. The molecule has 2 aromatic rings. The van der Waals surface area contributed by atoms with Crippen LogP contribution < -0.4 is 10.1 Å². The zero-order valence-electron chi connectivity index (χ0n) is 10.7. The number of thiophene rings is 1. The molecular formula is C13H10Br2F3NOS. The molecule has 0 fully saturated rings. The van der Waals surface area contributed by atoms with Gasteiger partial charge in [0.25, 0.3) is 0 Å². The maximum absolute atomic E-state index is 12.4. The van der Waals surface area contributed by atoms with Crippen LogP contribution in [0.25, 0.3) is 0 Å². The molecule has 0 saturated heterocycles. The molecule has 1 unspecified atom stereocenters. The first-order chi connectivity index (χ1) is 9.74. The zero-order chi connectivity index (χ0) is 15.6. The fourth-order valence-corrected chi connectivity index (χ4v) is 3.46. The van der Waals surface area contributed by atoms with Crippen LogP contribution in [0.3, 0.4) is 0 Å². The maximum atomic E-state index is 12.4. The van der Waals surface area contributed by atoms with E-state index < -0.39 is 6.36 Å². The van der Waals surface area contributed by atoms with Crippen molar-refractivity contribution in [2.75, 3.05) is 5.32 Å². The molecule has 1 atom stereocenters. The third kappa shape index (κ3) is 4.89. The Kier molecular flexibility index (Phi) is 5.21. The summed E-state index contributed by atoms with van der Waals surface area (Å²) < 4.78 is 42.9. The molecule has 0 bridgehead atoms. The minimum atomic E-state index is -4.73. The molecule has 2 rings (SSSR count). The summed E-state index contributed by atoms with van der Waals surface area (Å²) in [5, 5.41) is 3.03. The number of anilines is 1. The van der Waals surface area contributed by atoms with Crippen LogP contribution in [0.2, 0.25) is 0 Å². The van der Waals surface area contributed by atoms with E-state index in [2.05, 4.69) is 41.9 Å². The van der Waals surface area contributed by atoms with E-state index in [1.54, 1.807) is 12.1 Å². The number of benzene rings is 1. The highest BCUT2D eigenvalue weighted by atomic mass is 79.9. The van der Waals surface area contributed by atoms with Crippen LogP contribution in [-0.4, -0.2) is 6.36 Å². The van der Waals surface area contributed by atoms with Crippen molar-refractivity contribution < 1.29 is 17.9 Å². The second-order valence-electron chi connectivity index (χ2n) is 4.20. The van der Waals surface area contributed by atoms with Gasteiger partial charge in [-0.2, -0.15) is 0 Å². The first kappa shape index (κ1) is 16.6. The summed E-state index contributed by atoms with van der Waals surface area (Å²) in [5.41, 5.74) is 0.285. The normalized spacial score (nSPS) is 13.0. The van der Waals surface area contributed by atoms with E-state index in [9.17, 15) is 13.2 Å². The highest BCUT2D eigenvalue weighted by Crippen LogP contribution is 2.36. The molecule has 0 aliphatic carbocycles. The minimum Gasteiger partial charge on any atom is -0.404 e. The Morgan fingerprint density at radius 2 is 1.90 bits per heavy atom. The van der Waals surface area contributed by atoms with Gasteiger partial charge < -0.3 is 10.1 Å². The Morgan fingerprint density at radius 1 is 1.19 bits per heavy atom. The molecule has 2 nitrogen and oxygen atoms in total. The lowest BCUT2D eigenvalue weighted by Gasteiger charge is -2.18. The van der Waals surface area contributed by atoms with E-state index in [1.165, 1.54) is 17.4 Å². The minimum absolute atomic E-state index is 0.141. The molecule has 8 heteroatoms. The quantitative estimate of drug-likeness (QED) is 0.593. The molecular weight excluding hydrogens is 435 g/mol. The summed E-state index contributed by atoms with van der Waals surface area (Å²) in [6.45, 7) is 1.87. The molecule has 114 valence electrons. The van der Waals surface area contributed by atoms with Crippen LogP contribution >= 0.6 is 43.2 Å². The molecule has 1 aromatic heterocycles. The van der Waals surface area contributed by atoms with E-state index in [0.29, 0.717) is 4.47 Å². The van der Waals surface area contributed by atoms with Crippen LogP contribution in [0, 0.1) is 0 Å². The fourth-order valence-electron chi connectivity index (χ4n) is 1.69. The highest BCUT2D eigenvalue weighted by Gasteiger charge is 2.32. The molecule has 1 N–H and O–H groups in total. The van der Waals surface area contributed by atoms with Gasteiger partial charge in [-0.3, -0.25) is 0 Å². The first-order valence-corrected chi connectivity index (χ1v) is 8.22. The molecule has 0 aliphatic rings. The number of halogens is 5. The summed E-state index contributed by atoms with van der Waals surface area (Å²) in [6.07, 6.45) is -4.73. The number of hydrogen-bond donors (Lipinski definition) is 1. The van der Waals surface area contributed by atoms with Gasteiger partial charge in [-0.1, -0.05) is 15.9 Å². The van der Waals surface area contributed by atoms with Crippen molar-refractivity contribution in [1.82, 2.24) is 0 Å². The average molecular weight is 445 g/mol. The van der Waals surface area contributed by atoms with Crippen LogP contribution in [-0.2, 0) is 0 Å². The standard InChI is InChI=1S/C13H10Br2F3NOS/c1-7(11-4-5-12(15)21-11)19-9-3-2-8(14)6-10(9)20-13(16,17)18/h2-7,19H,1H3. The van der Waals surface area contributed by atoms with Crippen molar-refractivity contribution in [3.63, 3.8) is 0 Å². The maximum Gasteiger partial charge on any atom is 0.573 e. The van der Waals surface area contributed by atoms with Gasteiger partial charge in [-0.15, -0.1) is 24.5 Å². The smallest absolute Gasteiger partial charge is 0.404 e. The Morgan fingerprint density at radius 3 is 2.48 bits per heavy atom. The van der Waals surface area contributed by atoms with E-state index >= 15 is 0 Å². The number of ether oxygens (including phenoxy) is 1. The van der Waals surface area contributed by atoms with Gasteiger partial charge in [0.15, 0.2) is 5.75 Å². The lowest BCUT2D eigenvalue weighted by molar-refractivity contribution is -0.274. The highest BCUT2D eigenvalue weighted by molar-refractivity contribution is 9.11. The fraction of sp³-hybridized carbons (Fsp3) is 0.231. The van der Waals surface area contributed by atoms with Gasteiger partial charge in [-0.05, 0) is 53.2 Å². The average Bonchev–Trinajstić information content (AvgIpc) is 2.77. The van der Waals surface area contributed by atoms with Crippen LogP contribution in [0.4, 0.5) is 18.9 Å². The van der Waals surface area contributed by atoms with Gasteiger partial charge in [0.2, 0.25) is 0 Å². The van der Waals surface area contributed by atoms with Crippen LogP contribution in [0.1, 0.15) is 17.8 Å². The van der Waals surface area contributed by atoms with Crippen molar-refractivity contribution in [3.05, 3.63) is 43.5 Å². The number of rotatable bonds is 4. The largest absolute Gasteiger partial charge is 0.573 e. The Bertz CT molecular complexity index is 630. The number of alkyl halides is 3. The second-order valence-corrected chi connectivity index (χ2v) is 7.61. The van der Waals surface area contributed by atoms with Gasteiger partial charge in [0, 0.05) is 9.35 Å². The van der Waals surface area contributed by atoms with E-state index in [-0.39, 0.29) is 17.5 Å². The topological polar surface area (TPSA) is 21.3 Å². The second kappa shape index (κ2) is 6.58. The van der Waals surface area contributed by atoms with Gasteiger partial charge in [0.1, 0.15) is 0 Å². The molecule has 0 spiro atoms. The molecule has 0 saturated carbocycles. The summed E-state index contributed by atoms with van der Waals surface area (Å²) >= 11 is 8.02. The van der Waals surface area contributed by atoms with E-state index in [4.69, 9.17) is 0 Å². The monoisotopic (exact) mass is 443 g/mol. The predicted octanol–water partition coefficient (Wildman–Crippen LogP) is 6.34. The van der Waals surface area contributed by atoms with E-state index in [0.717, 1.165) is 8.66 Å². The molecule has 0 radical (unpaired) electrons. The third-order valence-corrected chi connectivity index (χ3v) is 4.86. The van der Waals surface area contributed by atoms with Gasteiger partial charge in [0.05, 0.1) is 15.5 Å². The molecule has 0 aliphatic heterocycles. The first-order valence-electron chi connectivity index (χ1n) is 5.81. The predicted molar refractivity (Wildman–Crippen MR) is 84.9 cm³/mol. The summed E-state index contributed by atoms with van der Waals surface area (Å²) in [5.74, 6) is -0.264. The molecule has 0 amide bonds. The van der Waals surface area contributed by atoms with Crippen molar-refractivity contribution in [2.45, 2.75) is 19.3 Å². The van der Waals surface area contributed by atoms with Crippen molar-refractivity contribution >= 4 is 48.9 Å². The van der Waals surface area contributed by atoms with Crippen molar-refractivity contribution in [1.29, 1.82) is 0 Å². The Hall–Kier alpha value is -0.730. The third-order valence-electron chi connectivity index (χ3n) is 2.56. The van der Waals surface area contributed by atoms with Crippen LogP contribution in [0.5, 0.6) is 5.75 Å². The Labute approximate surface area is 140 Å². The van der Waals surface area contributed by atoms with E-state index in [1.807, 2.05) is 19.1 Å². The summed E-state index contributed by atoms with van der Waals surface area (Å²) in [4.78, 5) is 1.00. The zero-order valence-corrected chi connectivity index (χ0v) is 14.7. The SMILES string of the molecule is CC(Nc1ccc(Br)cc1OC(F)(F)F)c1ccc(Br)s1. The lowest BCUT2D eigenvalue weighted by Crippen LogP contribution is -2.18. The summed E-state index contributed by atoms with van der Waals surface area (Å²) in [7, 11) is 0. The summed E-state index contributed by atoms with van der Waals surface area (Å²) in [6, 6.07) is 8.15. The van der Waals surface area contributed by atoms with Crippen molar-refractivity contribution in [2.24, 2.45) is 0 Å². The number of hydrogen-bond acceptors (Lipinski definition) is 3. The molecule has 1 heterocycles.